The Balaban J connectivity index is 0.000000209. The standard InChI is InChI=1S/C12H18N2OS.C9H12O/c13-10-11-5-4-6-12(9-11)16(15)14-7-2-1-3-8-14;1-3-8-5-4-6-9(7-8)10-2/h4-6,9H,1-3,7-8,10,13H2;4-7H,3H2,1-2H3. The van der Waals surface area contributed by atoms with Crippen LogP contribution in [-0.4, -0.2) is 28.7 Å². The van der Waals surface area contributed by atoms with Gasteiger partial charge in [-0.3, -0.25) is 0 Å². The Morgan fingerprint density at radius 2 is 1.73 bits per heavy atom. The number of nitrogens with zero attached hydrogens (tertiary/aromatic N) is 1. The van der Waals surface area contributed by atoms with Gasteiger partial charge in [0.1, 0.15) is 16.7 Å². The van der Waals surface area contributed by atoms with Gasteiger partial charge in [0.2, 0.25) is 0 Å². The highest BCUT2D eigenvalue weighted by Crippen LogP contribution is 2.17. The number of aryl methyl sites for hydroxylation is 1. The van der Waals surface area contributed by atoms with Gasteiger partial charge >= 0.3 is 0 Å². The van der Waals surface area contributed by atoms with E-state index < -0.39 is 11.0 Å². The van der Waals surface area contributed by atoms with Gasteiger partial charge in [0.25, 0.3) is 0 Å². The van der Waals surface area contributed by atoms with Crippen molar-refractivity contribution in [2.75, 3.05) is 20.2 Å². The van der Waals surface area contributed by atoms with Crippen LogP contribution in [0, 0.1) is 0 Å². The monoisotopic (exact) mass is 374 g/mol. The number of hydrogen-bond donors (Lipinski definition) is 1. The van der Waals surface area contributed by atoms with Crippen LogP contribution in [0.15, 0.2) is 53.4 Å². The molecule has 1 fully saturated rings. The van der Waals surface area contributed by atoms with E-state index in [9.17, 15) is 4.21 Å². The molecule has 1 aliphatic rings. The lowest BCUT2D eigenvalue weighted by molar-refractivity contribution is 0.365. The smallest absolute Gasteiger partial charge is 0.127 e. The van der Waals surface area contributed by atoms with Gasteiger partial charge in [0.05, 0.1) is 12.0 Å². The van der Waals surface area contributed by atoms with Crippen molar-refractivity contribution in [2.24, 2.45) is 5.73 Å². The van der Waals surface area contributed by atoms with Gasteiger partial charge in [-0.05, 0) is 54.7 Å². The summed E-state index contributed by atoms with van der Waals surface area (Å²) in [5, 5.41) is 0. The number of piperidine rings is 1. The predicted octanol–water partition coefficient (Wildman–Crippen LogP) is 3.91. The van der Waals surface area contributed by atoms with Crippen LogP contribution in [0.1, 0.15) is 37.3 Å². The van der Waals surface area contributed by atoms with Crippen LogP contribution < -0.4 is 10.5 Å². The van der Waals surface area contributed by atoms with Gasteiger partial charge in [-0.25, -0.2) is 8.51 Å². The van der Waals surface area contributed by atoms with Crippen molar-refractivity contribution in [3.8, 4) is 5.75 Å². The lowest BCUT2D eigenvalue weighted by Gasteiger charge is -2.25. The Kier molecular flexibility index (Phi) is 8.81. The Morgan fingerprint density at radius 3 is 2.38 bits per heavy atom. The van der Waals surface area contributed by atoms with Crippen molar-refractivity contribution >= 4 is 11.0 Å². The minimum atomic E-state index is -1.00. The predicted molar refractivity (Wildman–Crippen MR) is 109 cm³/mol. The fraction of sp³-hybridized carbons (Fsp3) is 0.429. The molecule has 1 saturated heterocycles. The average molecular weight is 375 g/mol. The van der Waals surface area contributed by atoms with Crippen molar-refractivity contribution in [1.29, 1.82) is 0 Å². The van der Waals surface area contributed by atoms with Gasteiger partial charge in [-0.1, -0.05) is 37.6 Å². The van der Waals surface area contributed by atoms with E-state index >= 15 is 0 Å². The van der Waals surface area contributed by atoms with Crippen LogP contribution >= 0.6 is 0 Å². The van der Waals surface area contributed by atoms with Crippen LogP contribution in [0.2, 0.25) is 0 Å². The summed E-state index contributed by atoms with van der Waals surface area (Å²) in [4.78, 5) is 0.879. The first-order valence-electron chi connectivity index (χ1n) is 9.26. The van der Waals surface area contributed by atoms with Crippen molar-refractivity contribution in [1.82, 2.24) is 4.31 Å². The molecule has 0 aromatic heterocycles. The molecule has 5 heteroatoms. The molecule has 1 atom stereocenters. The van der Waals surface area contributed by atoms with E-state index in [2.05, 4.69) is 23.4 Å². The number of hydrogen-bond acceptors (Lipinski definition) is 3. The third-order valence-corrected chi connectivity index (χ3v) is 5.92. The van der Waals surface area contributed by atoms with Crippen LogP contribution in [0.5, 0.6) is 5.75 Å². The Labute approximate surface area is 159 Å². The van der Waals surface area contributed by atoms with Gasteiger partial charge in [-0.2, -0.15) is 0 Å². The van der Waals surface area contributed by atoms with E-state index in [1.165, 1.54) is 12.0 Å². The van der Waals surface area contributed by atoms with Gasteiger partial charge in [-0.15, -0.1) is 0 Å². The van der Waals surface area contributed by atoms with E-state index in [4.69, 9.17) is 10.5 Å². The number of ether oxygens (including phenoxy) is 1. The van der Waals surface area contributed by atoms with Crippen molar-refractivity contribution < 1.29 is 8.95 Å². The molecule has 3 rings (SSSR count). The van der Waals surface area contributed by atoms with Crippen LogP contribution in [-0.2, 0) is 24.0 Å². The topological polar surface area (TPSA) is 55.6 Å². The number of benzene rings is 2. The van der Waals surface area contributed by atoms with Crippen molar-refractivity contribution in [3.05, 3.63) is 59.7 Å². The maximum Gasteiger partial charge on any atom is 0.127 e. The van der Waals surface area contributed by atoms with E-state index in [1.54, 1.807) is 7.11 Å². The second kappa shape index (κ2) is 11.1. The summed E-state index contributed by atoms with van der Waals surface area (Å²) in [7, 11) is 0.685. The number of rotatable bonds is 5. The summed E-state index contributed by atoms with van der Waals surface area (Å²) in [6, 6.07) is 15.9. The number of nitrogens with two attached hydrogens (primary N) is 1. The molecular weight excluding hydrogens is 344 g/mol. The van der Waals surface area contributed by atoms with E-state index in [0.29, 0.717) is 6.54 Å². The first kappa shape index (κ1) is 20.6. The zero-order valence-electron chi connectivity index (χ0n) is 15.8. The van der Waals surface area contributed by atoms with Crippen molar-refractivity contribution in [2.45, 2.75) is 44.0 Å². The molecule has 26 heavy (non-hydrogen) atoms. The quantitative estimate of drug-likeness (QED) is 0.863. The normalized spacial score (nSPS) is 15.7. The zero-order chi connectivity index (χ0) is 18.8. The minimum absolute atomic E-state index is 0.505. The molecule has 2 aromatic rings. The van der Waals surface area contributed by atoms with Crippen LogP contribution in [0.4, 0.5) is 0 Å². The Morgan fingerprint density at radius 1 is 1.04 bits per heavy atom. The molecule has 0 amide bonds. The summed E-state index contributed by atoms with van der Waals surface area (Å²) in [6.45, 7) is 4.53. The number of methoxy groups -OCH3 is 1. The molecule has 1 aliphatic heterocycles. The third-order valence-electron chi connectivity index (χ3n) is 4.43. The Hall–Kier alpha value is -1.69. The molecule has 4 nitrogen and oxygen atoms in total. The van der Waals surface area contributed by atoms with Crippen LogP contribution in [0.3, 0.4) is 0 Å². The molecule has 142 valence electrons. The fourth-order valence-corrected chi connectivity index (χ4v) is 4.19. The molecule has 0 saturated carbocycles. The van der Waals surface area contributed by atoms with E-state index in [1.807, 2.05) is 36.4 Å². The fourth-order valence-electron chi connectivity index (χ4n) is 2.85. The first-order chi connectivity index (χ1) is 12.7. The third kappa shape index (κ3) is 6.24. The second-order valence-electron chi connectivity index (χ2n) is 6.30. The molecular formula is C21H30N2O2S. The van der Waals surface area contributed by atoms with Crippen molar-refractivity contribution in [3.63, 3.8) is 0 Å². The maximum atomic E-state index is 12.3. The van der Waals surface area contributed by atoms with Gasteiger partial charge in [0.15, 0.2) is 0 Å². The van der Waals surface area contributed by atoms with E-state index in [0.717, 1.165) is 48.6 Å². The Bertz CT molecular complexity index is 681. The van der Waals surface area contributed by atoms with Crippen LogP contribution in [0.25, 0.3) is 0 Å². The first-order valence-corrected chi connectivity index (χ1v) is 10.4. The van der Waals surface area contributed by atoms with Gasteiger partial charge < -0.3 is 10.5 Å². The molecule has 2 aromatic carbocycles. The SMILES string of the molecule is CCc1cccc(OC)c1.NCc1cccc(S(=O)N2CCCCC2)c1. The average Bonchev–Trinajstić information content (AvgIpc) is 2.74. The highest BCUT2D eigenvalue weighted by atomic mass is 32.2. The molecule has 1 heterocycles. The summed E-state index contributed by atoms with van der Waals surface area (Å²) in [6.07, 6.45) is 4.64. The highest BCUT2D eigenvalue weighted by Gasteiger charge is 2.17. The summed E-state index contributed by atoms with van der Waals surface area (Å²) >= 11 is 0. The summed E-state index contributed by atoms with van der Waals surface area (Å²) in [5.41, 5.74) is 7.95. The summed E-state index contributed by atoms with van der Waals surface area (Å²) in [5.74, 6) is 0.944. The summed E-state index contributed by atoms with van der Waals surface area (Å²) < 4.78 is 19.4. The maximum absolute atomic E-state index is 12.3. The highest BCUT2D eigenvalue weighted by molar-refractivity contribution is 7.82. The molecule has 1 unspecified atom stereocenters. The molecule has 2 N–H and O–H groups in total. The zero-order valence-corrected chi connectivity index (χ0v) is 16.6. The molecule has 0 radical (unpaired) electrons. The molecule has 0 bridgehead atoms. The lowest BCUT2D eigenvalue weighted by Crippen LogP contribution is -2.31. The minimum Gasteiger partial charge on any atom is -0.497 e. The lowest BCUT2D eigenvalue weighted by atomic mass is 10.2. The molecule has 0 spiro atoms. The van der Waals surface area contributed by atoms with Gasteiger partial charge in [0, 0.05) is 19.6 Å². The van der Waals surface area contributed by atoms with E-state index in [-0.39, 0.29) is 0 Å². The largest absolute Gasteiger partial charge is 0.497 e. The molecule has 0 aliphatic carbocycles. The second-order valence-corrected chi connectivity index (χ2v) is 7.78.